The van der Waals surface area contributed by atoms with Crippen molar-refractivity contribution in [1.82, 2.24) is 0 Å². The fraction of sp³-hybridized carbons (Fsp3) is 0.462. The number of para-hydroxylation sites is 1. The second-order valence-corrected chi connectivity index (χ2v) is 8.58. The molecule has 3 rings (SSSR count). The van der Waals surface area contributed by atoms with Crippen molar-refractivity contribution in [3.8, 4) is 11.5 Å². The lowest BCUT2D eigenvalue weighted by Gasteiger charge is -2.40. The number of carbonyl (C=O) groups excluding carboxylic acids is 2. The minimum Gasteiger partial charge on any atom is -0.477 e. The molecular weight excluding hydrogens is 390 g/mol. The number of carbonyl (C=O) groups is 2. The number of ether oxygens (including phenoxy) is 2. The van der Waals surface area contributed by atoms with E-state index in [1.165, 1.54) is 6.92 Å². The van der Waals surface area contributed by atoms with Gasteiger partial charge in [-0.15, -0.1) is 0 Å². The van der Waals surface area contributed by atoms with E-state index in [1.807, 2.05) is 62.9 Å². The number of hydrogen-bond donors (Lipinski definition) is 0. The van der Waals surface area contributed by atoms with Crippen LogP contribution in [0.4, 0.5) is 5.69 Å². The summed E-state index contributed by atoms with van der Waals surface area (Å²) in [6.45, 7) is 11.9. The minimum atomic E-state index is -0.955. The Hall–Kier alpha value is -2.82. The summed E-state index contributed by atoms with van der Waals surface area (Å²) in [5, 5.41) is 0. The molecule has 0 N–H and O–H groups in total. The van der Waals surface area contributed by atoms with Gasteiger partial charge in [0.25, 0.3) is 5.91 Å². The molecule has 0 spiro atoms. The highest BCUT2D eigenvalue weighted by atomic mass is 16.5. The summed E-state index contributed by atoms with van der Waals surface area (Å²) < 4.78 is 12.0. The first-order chi connectivity index (χ1) is 14.7. The molecule has 0 radical (unpaired) electrons. The topological polar surface area (TPSA) is 55.8 Å². The quantitative estimate of drug-likeness (QED) is 0.458. The number of rotatable bonds is 6. The fourth-order valence-electron chi connectivity index (χ4n) is 4.24. The number of fused-ring (bicyclic) bond motifs is 1. The van der Waals surface area contributed by atoms with Crippen molar-refractivity contribution in [2.24, 2.45) is 0 Å². The number of benzene rings is 2. The van der Waals surface area contributed by atoms with Gasteiger partial charge in [-0.05, 0) is 69.4 Å². The molecule has 2 aromatic carbocycles. The molecule has 31 heavy (non-hydrogen) atoms. The Bertz CT molecular complexity index is 983. The van der Waals surface area contributed by atoms with Crippen LogP contribution >= 0.6 is 0 Å². The molecule has 2 aromatic rings. The molecule has 166 valence electrons. The first kappa shape index (κ1) is 22.9. The number of unbranched alkanes of at least 4 members (excludes halogenated alkanes) is 1. The molecule has 1 amide bonds. The van der Waals surface area contributed by atoms with Gasteiger partial charge in [-0.1, -0.05) is 31.5 Å². The van der Waals surface area contributed by atoms with Crippen molar-refractivity contribution >= 4 is 17.6 Å². The third kappa shape index (κ3) is 4.46. The molecule has 1 heterocycles. The zero-order chi connectivity index (χ0) is 22.8. The van der Waals surface area contributed by atoms with Crippen LogP contribution in [-0.2, 0) is 16.0 Å². The van der Waals surface area contributed by atoms with E-state index >= 15 is 0 Å². The van der Waals surface area contributed by atoms with Gasteiger partial charge in [0.2, 0.25) is 0 Å². The summed E-state index contributed by atoms with van der Waals surface area (Å²) in [7, 11) is 0. The van der Waals surface area contributed by atoms with Crippen LogP contribution < -0.4 is 14.4 Å². The molecular formula is C26H33NO4. The van der Waals surface area contributed by atoms with E-state index in [-0.39, 0.29) is 11.9 Å². The highest BCUT2D eigenvalue weighted by molar-refractivity contribution is 5.99. The standard InChI is InChI=1S/C26H33NO4/c1-7-8-16-27(21-12-10-9-11-13-21)25(29)26(6)15-14-22-19(4)23(30-20(5)28)17(2)18(3)24(22)31-26/h9-13H,7-8,14-16H2,1-6H3. The number of hydrogen-bond acceptors (Lipinski definition) is 4. The summed E-state index contributed by atoms with van der Waals surface area (Å²) >= 11 is 0. The van der Waals surface area contributed by atoms with E-state index in [4.69, 9.17) is 9.47 Å². The summed E-state index contributed by atoms with van der Waals surface area (Å²) in [6, 6.07) is 9.80. The molecule has 0 saturated heterocycles. The van der Waals surface area contributed by atoms with E-state index < -0.39 is 5.60 Å². The Morgan fingerprint density at radius 3 is 2.39 bits per heavy atom. The number of esters is 1. The van der Waals surface area contributed by atoms with Crippen LogP contribution in [0.2, 0.25) is 0 Å². The fourth-order valence-corrected chi connectivity index (χ4v) is 4.24. The number of anilines is 1. The van der Waals surface area contributed by atoms with Crippen molar-refractivity contribution in [2.75, 3.05) is 11.4 Å². The predicted octanol–water partition coefficient (Wildman–Crippen LogP) is 5.45. The second kappa shape index (κ2) is 9.13. The zero-order valence-corrected chi connectivity index (χ0v) is 19.5. The van der Waals surface area contributed by atoms with Crippen molar-refractivity contribution in [2.45, 2.75) is 72.8 Å². The lowest BCUT2D eigenvalue weighted by molar-refractivity contribution is -0.134. The molecule has 1 aliphatic rings. The van der Waals surface area contributed by atoms with Crippen LogP contribution in [0.1, 0.15) is 62.3 Å². The van der Waals surface area contributed by atoms with Gasteiger partial charge < -0.3 is 14.4 Å². The van der Waals surface area contributed by atoms with Gasteiger partial charge in [-0.2, -0.15) is 0 Å². The normalized spacial score (nSPS) is 17.5. The Morgan fingerprint density at radius 1 is 1.10 bits per heavy atom. The van der Waals surface area contributed by atoms with Crippen LogP contribution in [-0.4, -0.2) is 24.0 Å². The van der Waals surface area contributed by atoms with E-state index in [0.29, 0.717) is 25.1 Å². The Labute approximate surface area is 185 Å². The number of amides is 1. The van der Waals surface area contributed by atoms with E-state index in [2.05, 4.69) is 6.92 Å². The third-order valence-electron chi connectivity index (χ3n) is 6.24. The smallest absolute Gasteiger partial charge is 0.308 e. The highest BCUT2D eigenvalue weighted by Gasteiger charge is 2.43. The lowest BCUT2D eigenvalue weighted by Crippen LogP contribution is -2.53. The highest BCUT2D eigenvalue weighted by Crippen LogP contribution is 2.44. The van der Waals surface area contributed by atoms with Gasteiger partial charge in [-0.25, -0.2) is 0 Å². The van der Waals surface area contributed by atoms with Crippen LogP contribution in [0.15, 0.2) is 30.3 Å². The molecule has 0 aromatic heterocycles. The minimum absolute atomic E-state index is 0.0171. The molecule has 0 fully saturated rings. The molecule has 5 nitrogen and oxygen atoms in total. The first-order valence-electron chi connectivity index (χ1n) is 11.1. The molecule has 0 aliphatic carbocycles. The average molecular weight is 424 g/mol. The van der Waals surface area contributed by atoms with Crippen molar-refractivity contribution < 1.29 is 19.1 Å². The van der Waals surface area contributed by atoms with Crippen LogP contribution in [0, 0.1) is 20.8 Å². The zero-order valence-electron chi connectivity index (χ0n) is 19.5. The maximum absolute atomic E-state index is 13.8. The molecule has 0 saturated carbocycles. The van der Waals surface area contributed by atoms with Crippen molar-refractivity contribution in [3.05, 3.63) is 52.6 Å². The summed E-state index contributed by atoms with van der Waals surface area (Å²) in [5.74, 6) is 1.00. The van der Waals surface area contributed by atoms with Gasteiger partial charge in [0.05, 0.1) is 0 Å². The van der Waals surface area contributed by atoms with Gasteiger partial charge in [-0.3, -0.25) is 9.59 Å². The van der Waals surface area contributed by atoms with Crippen LogP contribution in [0.5, 0.6) is 11.5 Å². The summed E-state index contributed by atoms with van der Waals surface area (Å²) in [4.78, 5) is 27.2. The monoisotopic (exact) mass is 423 g/mol. The molecule has 0 bridgehead atoms. The van der Waals surface area contributed by atoms with E-state index in [1.54, 1.807) is 0 Å². The van der Waals surface area contributed by atoms with Gasteiger partial charge in [0.1, 0.15) is 11.5 Å². The van der Waals surface area contributed by atoms with E-state index in [9.17, 15) is 9.59 Å². The average Bonchev–Trinajstić information content (AvgIpc) is 2.76. The van der Waals surface area contributed by atoms with Gasteiger partial charge in [0, 0.05) is 31.1 Å². The Balaban J connectivity index is 1.98. The van der Waals surface area contributed by atoms with Crippen LogP contribution in [0.3, 0.4) is 0 Å². The molecule has 1 unspecified atom stereocenters. The third-order valence-corrected chi connectivity index (χ3v) is 6.24. The van der Waals surface area contributed by atoms with Crippen molar-refractivity contribution in [3.63, 3.8) is 0 Å². The van der Waals surface area contributed by atoms with Gasteiger partial charge >= 0.3 is 5.97 Å². The predicted molar refractivity (Wildman–Crippen MR) is 123 cm³/mol. The van der Waals surface area contributed by atoms with Crippen LogP contribution in [0.25, 0.3) is 0 Å². The second-order valence-electron chi connectivity index (χ2n) is 8.58. The first-order valence-corrected chi connectivity index (χ1v) is 11.1. The molecule has 5 heteroatoms. The maximum atomic E-state index is 13.8. The molecule has 1 atom stereocenters. The largest absolute Gasteiger partial charge is 0.477 e. The van der Waals surface area contributed by atoms with Crippen molar-refractivity contribution in [1.29, 1.82) is 0 Å². The Kier molecular flexibility index (Phi) is 6.73. The SMILES string of the molecule is CCCCN(C(=O)C1(C)CCc2c(C)c(OC(C)=O)c(C)c(C)c2O1)c1ccccc1. The number of nitrogens with zero attached hydrogens (tertiary/aromatic N) is 1. The Morgan fingerprint density at radius 2 is 1.77 bits per heavy atom. The lowest BCUT2D eigenvalue weighted by atomic mass is 9.86. The summed E-state index contributed by atoms with van der Waals surface area (Å²) in [5.41, 5.74) is 3.65. The van der Waals surface area contributed by atoms with E-state index in [0.717, 1.165) is 46.5 Å². The van der Waals surface area contributed by atoms with Gasteiger partial charge in [0.15, 0.2) is 5.60 Å². The summed E-state index contributed by atoms with van der Waals surface area (Å²) in [6.07, 6.45) is 3.19. The molecule has 1 aliphatic heterocycles. The maximum Gasteiger partial charge on any atom is 0.308 e.